The molecule has 0 heterocycles. The Morgan fingerprint density at radius 1 is 1.35 bits per heavy atom. The van der Waals surface area contributed by atoms with Crippen LogP contribution in [0, 0.1) is 16.0 Å². The Hall–Kier alpha value is -1.27. The maximum Gasteiger partial charge on any atom is 0.285 e. The number of para-hydroxylation sites is 1. The van der Waals surface area contributed by atoms with Gasteiger partial charge in [0.1, 0.15) is 4.90 Å². The maximum atomic E-state index is 12.8. The summed E-state index contributed by atoms with van der Waals surface area (Å²) in [4.78, 5) is 11.0. The first-order valence-corrected chi connectivity index (χ1v) is 8.07. The van der Waals surface area contributed by atoms with Gasteiger partial charge >= 0.3 is 0 Å². The highest BCUT2D eigenvalue weighted by atomic mass is 32.2. The molecule has 0 bridgehead atoms. The number of nitro groups is 1. The summed E-state index contributed by atoms with van der Waals surface area (Å²) < 4.78 is 12.8. The zero-order valence-corrected chi connectivity index (χ0v) is 12.6. The van der Waals surface area contributed by atoms with Crippen molar-refractivity contribution >= 4 is 16.5 Å². The van der Waals surface area contributed by atoms with E-state index in [1.807, 2.05) is 7.05 Å². The van der Waals surface area contributed by atoms with Crippen LogP contribution in [0.25, 0.3) is 0 Å². The topological polar surface area (TPSA) is 72.2 Å². The second kappa shape index (κ2) is 6.45. The van der Waals surface area contributed by atoms with Crippen molar-refractivity contribution in [2.75, 3.05) is 7.05 Å². The van der Waals surface area contributed by atoms with Crippen molar-refractivity contribution in [3.05, 3.63) is 34.4 Å². The molecule has 1 aliphatic rings. The van der Waals surface area contributed by atoms with E-state index in [1.54, 1.807) is 18.2 Å². The van der Waals surface area contributed by atoms with E-state index in [0.29, 0.717) is 10.8 Å². The van der Waals surface area contributed by atoms with Crippen LogP contribution >= 0.6 is 0 Å². The van der Waals surface area contributed by atoms with Crippen LogP contribution in [0.5, 0.6) is 0 Å². The average Bonchev–Trinajstić information content (AvgIpc) is 2.46. The summed E-state index contributed by atoms with van der Waals surface area (Å²) in [6.45, 7) is 2.15. The van der Waals surface area contributed by atoms with E-state index in [2.05, 4.69) is 12.2 Å². The summed E-state index contributed by atoms with van der Waals surface area (Å²) in [5.74, 6) is 0.510. The fourth-order valence-corrected chi connectivity index (χ4v) is 4.80. The Labute approximate surface area is 121 Å². The molecule has 1 aromatic rings. The molecule has 1 aromatic carbocycles. The summed E-state index contributed by atoms with van der Waals surface area (Å²) in [6.07, 6.45) is 2.91. The summed E-state index contributed by atoms with van der Waals surface area (Å²) in [7, 11) is 0.509. The fourth-order valence-electron chi connectivity index (χ4n) is 2.84. The first kappa shape index (κ1) is 15.1. The van der Waals surface area contributed by atoms with Gasteiger partial charge in [0, 0.05) is 12.1 Å². The molecule has 0 spiro atoms. The lowest BCUT2D eigenvalue weighted by molar-refractivity contribution is -0.387. The first-order valence-electron chi connectivity index (χ1n) is 6.85. The van der Waals surface area contributed by atoms with Crippen molar-refractivity contribution in [1.29, 1.82) is 0 Å². The summed E-state index contributed by atoms with van der Waals surface area (Å²) in [6, 6.07) is 6.51. The molecule has 4 unspecified atom stereocenters. The SMILES string of the molecule is CNC1CCC(C)CC1S(=O)c1ccccc1[N+](=O)[O-]. The van der Waals surface area contributed by atoms with Gasteiger partial charge in [-0.05, 0) is 38.3 Å². The highest BCUT2D eigenvalue weighted by molar-refractivity contribution is 7.86. The van der Waals surface area contributed by atoms with Gasteiger partial charge in [0.05, 0.1) is 21.0 Å². The molecule has 1 aliphatic carbocycles. The van der Waals surface area contributed by atoms with Crippen molar-refractivity contribution in [3.8, 4) is 0 Å². The Kier molecular flexibility index (Phi) is 4.88. The lowest BCUT2D eigenvalue weighted by Gasteiger charge is -2.33. The van der Waals surface area contributed by atoms with Gasteiger partial charge in [-0.1, -0.05) is 19.1 Å². The van der Waals surface area contributed by atoms with E-state index in [4.69, 9.17) is 0 Å². The van der Waals surface area contributed by atoms with E-state index in [9.17, 15) is 14.3 Å². The van der Waals surface area contributed by atoms with E-state index in [-0.39, 0.29) is 17.0 Å². The van der Waals surface area contributed by atoms with Gasteiger partial charge in [0.2, 0.25) is 0 Å². The highest BCUT2D eigenvalue weighted by Gasteiger charge is 2.34. The summed E-state index contributed by atoms with van der Waals surface area (Å²) >= 11 is 0. The van der Waals surface area contributed by atoms with Gasteiger partial charge in [-0.3, -0.25) is 14.3 Å². The fraction of sp³-hybridized carbons (Fsp3) is 0.571. The number of hydrogen-bond acceptors (Lipinski definition) is 4. The van der Waals surface area contributed by atoms with Crippen molar-refractivity contribution in [1.82, 2.24) is 5.32 Å². The number of benzene rings is 1. The minimum atomic E-state index is -1.36. The molecule has 5 nitrogen and oxygen atoms in total. The molecule has 1 fully saturated rings. The second-order valence-electron chi connectivity index (χ2n) is 5.37. The van der Waals surface area contributed by atoms with Crippen LogP contribution in [-0.4, -0.2) is 27.5 Å². The van der Waals surface area contributed by atoms with E-state index >= 15 is 0 Å². The maximum absolute atomic E-state index is 12.8. The quantitative estimate of drug-likeness (QED) is 0.684. The third kappa shape index (κ3) is 3.07. The Bertz CT molecular complexity index is 521. The van der Waals surface area contributed by atoms with Crippen LogP contribution < -0.4 is 5.32 Å². The molecule has 110 valence electrons. The molecule has 1 saturated carbocycles. The van der Waals surface area contributed by atoms with Crippen molar-refractivity contribution in [2.45, 2.75) is 42.4 Å². The number of hydrogen-bond donors (Lipinski definition) is 1. The molecule has 0 aliphatic heterocycles. The second-order valence-corrected chi connectivity index (χ2v) is 7.01. The van der Waals surface area contributed by atoms with Crippen LogP contribution in [0.3, 0.4) is 0 Å². The van der Waals surface area contributed by atoms with Crippen LogP contribution in [0.2, 0.25) is 0 Å². The smallest absolute Gasteiger partial charge is 0.285 e. The third-order valence-electron chi connectivity index (χ3n) is 3.98. The van der Waals surface area contributed by atoms with Gasteiger partial charge in [-0.2, -0.15) is 0 Å². The molecule has 0 aromatic heterocycles. The molecule has 0 amide bonds. The van der Waals surface area contributed by atoms with Gasteiger partial charge in [0.25, 0.3) is 5.69 Å². The van der Waals surface area contributed by atoms with Crippen molar-refractivity contribution in [3.63, 3.8) is 0 Å². The molecular weight excluding hydrogens is 276 g/mol. The van der Waals surface area contributed by atoms with Crippen LogP contribution in [0.4, 0.5) is 5.69 Å². The van der Waals surface area contributed by atoms with Crippen LogP contribution in [-0.2, 0) is 10.8 Å². The Balaban J connectivity index is 2.32. The molecule has 2 rings (SSSR count). The van der Waals surface area contributed by atoms with Crippen molar-refractivity contribution in [2.24, 2.45) is 5.92 Å². The Morgan fingerprint density at radius 3 is 2.70 bits per heavy atom. The highest BCUT2D eigenvalue weighted by Crippen LogP contribution is 2.32. The summed E-state index contributed by atoms with van der Waals surface area (Å²) in [5, 5.41) is 14.2. The molecule has 0 saturated heterocycles. The lowest BCUT2D eigenvalue weighted by Crippen LogP contribution is -2.44. The van der Waals surface area contributed by atoms with E-state index in [0.717, 1.165) is 19.3 Å². The minimum Gasteiger partial charge on any atom is -0.316 e. The standard InChI is InChI=1S/C14H20N2O3S/c1-10-7-8-11(15-2)14(9-10)20(19)13-6-4-3-5-12(13)16(17)18/h3-6,10-11,14-15H,7-9H2,1-2H3. The monoisotopic (exact) mass is 296 g/mol. The van der Waals surface area contributed by atoms with Gasteiger partial charge in [0.15, 0.2) is 0 Å². The van der Waals surface area contributed by atoms with Gasteiger partial charge in [-0.15, -0.1) is 0 Å². The molecule has 4 atom stereocenters. The predicted molar refractivity (Wildman–Crippen MR) is 79.2 cm³/mol. The zero-order chi connectivity index (χ0) is 14.7. The molecular formula is C14H20N2O3S. The third-order valence-corrected chi connectivity index (χ3v) is 5.83. The molecule has 20 heavy (non-hydrogen) atoms. The summed E-state index contributed by atoms with van der Waals surface area (Å²) in [5.41, 5.74) is -0.0427. The Morgan fingerprint density at radius 2 is 2.05 bits per heavy atom. The minimum absolute atomic E-state index is 0.0427. The lowest BCUT2D eigenvalue weighted by atomic mass is 9.87. The van der Waals surface area contributed by atoms with Gasteiger partial charge in [-0.25, -0.2) is 0 Å². The number of nitrogens with zero attached hydrogens (tertiary/aromatic N) is 1. The van der Waals surface area contributed by atoms with Crippen molar-refractivity contribution < 1.29 is 9.13 Å². The number of rotatable bonds is 4. The molecule has 1 N–H and O–H groups in total. The zero-order valence-electron chi connectivity index (χ0n) is 11.7. The molecule has 0 radical (unpaired) electrons. The van der Waals surface area contributed by atoms with E-state index in [1.165, 1.54) is 6.07 Å². The average molecular weight is 296 g/mol. The predicted octanol–water partition coefficient (Wildman–Crippen LogP) is 2.48. The normalized spacial score (nSPS) is 28.0. The van der Waals surface area contributed by atoms with Gasteiger partial charge < -0.3 is 5.32 Å². The van der Waals surface area contributed by atoms with Crippen LogP contribution in [0.15, 0.2) is 29.2 Å². The van der Waals surface area contributed by atoms with Crippen LogP contribution in [0.1, 0.15) is 26.2 Å². The van der Waals surface area contributed by atoms with E-state index < -0.39 is 15.7 Å². The molecule has 6 heteroatoms. The number of nitrogens with one attached hydrogen (secondary N) is 1. The first-order chi connectivity index (χ1) is 9.54. The largest absolute Gasteiger partial charge is 0.316 e. The number of nitro benzene ring substituents is 1.